The second-order valence-corrected chi connectivity index (χ2v) is 16.3. The van der Waals surface area contributed by atoms with Gasteiger partial charge in [0.15, 0.2) is 0 Å². The first-order valence-corrected chi connectivity index (χ1v) is 23.1. The number of hydrogen-bond acceptors (Lipinski definition) is 8. The molecule has 0 aliphatic rings. The average Bonchev–Trinajstić information content (AvgIpc) is 3.43. The Bertz CT molecular complexity index is 3280. The normalized spacial score (nSPS) is 10.6. The van der Waals surface area contributed by atoms with Gasteiger partial charge in [0, 0.05) is 63.3 Å². The van der Waals surface area contributed by atoms with Crippen LogP contribution in [0.25, 0.3) is 44.8 Å². The maximum absolute atomic E-state index is 5.71. The van der Waals surface area contributed by atoms with Crippen molar-refractivity contribution in [1.82, 2.24) is 19.9 Å². The van der Waals surface area contributed by atoms with E-state index in [1.54, 1.807) is 12.4 Å². The lowest BCUT2D eigenvalue weighted by Gasteiger charge is -2.25. The van der Waals surface area contributed by atoms with Crippen LogP contribution in [0.3, 0.4) is 0 Å². The molecule has 0 spiro atoms. The minimum absolute atomic E-state index is 0.281. The number of nitrogens with two attached hydrogens (primary N) is 1. The predicted octanol–water partition coefficient (Wildman–Crippen LogP) is 15.9. The molecule has 0 aliphatic carbocycles. The highest BCUT2D eigenvalue weighted by Crippen LogP contribution is 2.37. The Kier molecular flexibility index (Phi) is 13.5. The summed E-state index contributed by atoms with van der Waals surface area (Å²) in [7, 11) is 0. The molecule has 0 unspecified atom stereocenters. The molecule has 0 saturated carbocycles. The zero-order chi connectivity index (χ0) is 47.3. The van der Waals surface area contributed by atoms with Crippen LogP contribution in [0.4, 0.5) is 51.7 Å². The first-order chi connectivity index (χ1) is 34.6. The van der Waals surface area contributed by atoms with Crippen LogP contribution in [-0.2, 0) is 0 Å². The molecule has 2 aromatic heterocycles. The number of nitrogens with zero attached hydrogens (tertiary/aromatic N) is 6. The topological polar surface area (TPSA) is 96.1 Å². The summed E-state index contributed by atoms with van der Waals surface area (Å²) in [6, 6.07) is 89.6. The summed E-state index contributed by atoms with van der Waals surface area (Å²) in [6.07, 6.45) is 3.46. The molecule has 0 saturated heterocycles. The van der Waals surface area contributed by atoms with Gasteiger partial charge >= 0.3 is 0 Å². The maximum atomic E-state index is 5.71. The molecule has 0 aliphatic heterocycles. The summed E-state index contributed by atoms with van der Waals surface area (Å²) < 4.78 is 0. The van der Waals surface area contributed by atoms with Gasteiger partial charge in [-0.05, 0) is 119 Å². The molecule has 8 heteroatoms. The van der Waals surface area contributed by atoms with Gasteiger partial charge in [-0.25, -0.2) is 19.9 Å². The molecule has 0 fully saturated rings. The van der Waals surface area contributed by atoms with Gasteiger partial charge in [0.25, 0.3) is 0 Å². The molecule has 3 N–H and O–H groups in total. The average molecular weight is 905 g/mol. The van der Waals surface area contributed by atoms with Gasteiger partial charge in [0.1, 0.15) is 0 Å². The van der Waals surface area contributed by atoms with Crippen molar-refractivity contribution < 1.29 is 0 Å². The first kappa shape index (κ1) is 44.2. The quantitative estimate of drug-likeness (QED) is 0.125. The Hall–Kier alpha value is -9.66. The molecule has 0 bridgehead atoms. The van der Waals surface area contributed by atoms with E-state index in [9.17, 15) is 0 Å². The van der Waals surface area contributed by atoms with Gasteiger partial charge in [0.2, 0.25) is 11.9 Å². The molecular formula is C62H48N8. The van der Waals surface area contributed by atoms with Crippen molar-refractivity contribution in [3.63, 3.8) is 0 Å². The van der Waals surface area contributed by atoms with Gasteiger partial charge in [-0.3, -0.25) is 0 Å². The molecule has 0 atom stereocenters. The minimum atomic E-state index is 0.281. The van der Waals surface area contributed by atoms with Gasteiger partial charge in [-0.15, -0.1) is 0 Å². The Morgan fingerprint density at radius 1 is 0.286 bits per heavy atom. The van der Waals surface area contributed by atoms with Crippen LogP contribution in [0, 0.1) is 0 Å². The third-order valence-corrected chi connectivity index (χ3v) is 11.7. The Balaban J connectivity index is 0.000000165. The third kappa shape index (κ3) is 10.6. The van der Waals surface area contributed by atoms with E-state index in [4.69, 9.17) is 10.7 Å². The SMILES string of the molecule is Nc1nccc(-c2ccc(-c3ccc(N(c4ccccc4)c4ccccc4)cc3)cc2)n1.c1ccc(Nc2nccc(-c3ccc(-c4ccc(N(c5ccccc5)c5ccccc5)cc4)cc3)n2)cc1. The fraction of sp³-hybridized carbons (Fsp3) is 0. The van der Waals surface area contributed by atoms with E-state index in [1.165, 1.54) is 0 Å². The molecule has 9 aromatic carbocycles. The van der Waals surface area contributed by atoms with Crippen molar-refractivity contribution in [3.05, 3.63) is 273 Å². The number of hydrogen-bond donors (Lipinski definition) is 2. The third-order valence-electron chi connectivity index (χ3n) is 11.7. The van der Waals surface area contributed by atoms with Gasteiger partial charge in [-0.1, -0.05) is 164 Å². The summed E-state index contributed by atoms with van der Waals surface area (Å²) >= 11 is 0. The van der Waals surface area contributed by atoms with E-state index >= 15 is 0 Å². The standard InChI is InChI=1S/C34H26N4.C28H22N4/c1-4-10-29(11-5-1)36-34-35-25-24-33(37-34)28-18-16-26(17-19-28)27-20-22-32(23-21-27)38(30-12-6-2-7-13-30)31-14-8-3-9-15-31;29-28-30-20-19-27(31-28)23-13-11-21(12-14-23)22-15-17-26(18-16-22)32(24-7-3-1-4-8-24)25-9-5-2-6-10-25/h1-25H,(H,35,36,37);1-20H,(H2,29,30,31). The Labute approximate surface area is 408 Å². The molecule has 0 radical (unpaired) electrons. The molecule has 336 valence electrons. The summed E-state index contributed by atoms with van der Waals surface area (Å²) in [5.41, 5.74) is 21.8. The minimum Gasteiger partial charge on any atom is -0.368 e. The summed E-state index contributed by atoms with van der Waals surface area (Å²) in [5.74, 6) is 0.860. The van der Waals surface area contributed by atoms with Crippen molar-refractivity contribution in [2.45, 2.75) is 0 Å². The molecule has 8 nitrogen and oxygen atoms in total. The van der Waals surface area contributed by atoms with E-state index in [2.05, 4.69) is 224 Å². The van der Waals surface area contributed by atoms with Crippen LogP contribution in [0.5, 0.6) is 0 Å². The van der Waals surface area contributed by atoms with E-state index in [1.807, 2.05) is 66.7 Å². The lowest BCUT2D eigenvalue weighted by molar-refractivity contribution is 1.17. The van der Waals surface area contributed by atoms with Crippen LogP contribution in [-0.4, -0.2) is 19.9 Å². The van der Waals surface area contributed by atoms with Crippen molar-refractivity contribution in [2.75, 3.05) is 20.9 Å². The summed E-state index contributed by atoms with van der Waals surface area (Å²) in [4.78, 5) is 21.8. The molecular weight excluding hydrogens is 857 g/mol. The first-order valence-electron chi connectivity index (χ1n) is 23.1. The number of nitrogens with one attached hydrogen (secondary N) is 1. The number of anilines is 9. The fourth-order valence-corrected chi connectivity index (χ4v) is 8.24. The van der Waals surface area contributed by atoms with Crippen molar-refractivity contribution in [2.24, 2.45) is 0 Å². The van der Waals surface area contributed by atoms with Crippen LogP contribution in [0.2, 0.25) is 0 Å². The number of nitrogen functional groups attached to an aromatic ring is 1. The lowest BCUT2D eigenvalue weighted by atomic mass is 10.0. The molecule has 0 amide bonds. The van der Waals surface area contributed by atoms with Crippen molar-refractivity contribution in [3.8, 4) is 44.8 Å². The molecule has 2 heterocycles. The lowest BCUT2D eigenvalue weighted by Crippen LogP contribution is -2.09. The number of para-hydroxylation sites is 5. The van der Waals surface area contributed by atoms with Gasteiger partial charge < -0.3 is 20.9 Å². The van der Waals surface area contributed by atoms with E-state index in [0.29, 0.717) is 5.95 Å². The van der Waals surface area contributed by atoms with Crippen LogP contribution in [0.1, 0.15) is 0 Å². The van der Waals surface area contributed by atoms with Crippen LogP contribution < -0.4 is 20.9 Å². The van der Waals surface area contributed by atoms with Gasteiger partial charge in [-0.2, -0.15) is 0 Å². The van der Waals surface area contributed by atoms with Crippen molar-refractivity contribution in [1.29, 1.82) is 0 Å². The molecule has 11 aromatic rings. The highest BCUT2D eigenvalue weighted by molar-refractivity contribution is 5.80. The van der Waals surface area contributed by atoms with Crippen LogP contribution >= 0.6 is 0 Å². The number of benzene rings is 9. The number of aromatic nitrogens is 4. The van der Waals surface area contributed by atoms with E-state index < -0.39 is 0 Å². The Morgan fingerprint density at radius 3 is 0.957 bits per heavy atom. The summed E-state index contributed by atoms with van der Waals surface area (Å²) in [6.45, 7) is 0. The zero-order valence-corrected chi connectivity index (χ0v) is 38.2. The fourth-order valence-electron chi connectivity index (χ4n) is 8.24. The largest absolute Gasteiger partial charge is 0.368 e. The van der Waals surface area contributed by atoms with Crippen molar-refractivity contribution >= 4 is 51.7 Å². The smallest absolute Gasteiger partial charge is 0.227 e. The highest BCUT2D eigenvalue weighted by Gasteiger charge is 2.14. The second kappa shape index (κ2) is 21.3. The second-order valence-electron chi connectivity index (χ2n) is 16.3. The van der Waals surface area contributed by atoms with E-state index in [0.717, 1.165) is 84.6 Å². The maximum Gasteiger partial charge on any atom is 0.227 e. The van der Waals surface area contributed by atoms with Gasteiger partial charge in [0.05, 0.1) is 11.4 Å². The highest BCUT2D eigenvalue weighted by atomic mass is 15.1. The molecule has 11 rings (SSSR count). The predicted molar refractivity (Wildman–Crippen MR) is 289 cm³/mol. The van der Waals surface area contributed by atoms with Crippen LogP contribution in [0.15, 0.2) is 273 Å². The monoisotopic (exact) mass is 904 g/mol. The molecule has 70 heavy (non-hydrogen) atoms. The summed E-state index contributed by atoms with van der Waals surface area (Å²) in [5, 5.41) is 3.26. The number of rotatable bonds is 12. The Morgan fingerprint density at radius 2 is 0.586 bits per heavy atom. The zero-order valence-electron chi connectivity index (χ0n) is 38.2. The van der Waals surface area contributed by atoms with E-state index in [-0.39, 0.29) is 5.95 Å².